The van der Waals surface area contributed by atoms with Crippen LogP contribution in [0.1, 0.15) is 45.1 Å². The van der Waals surface area contributed by atoms with E-state index in [0.717, 1.165) is 24.9 Å². The number of hydrogen-bond donors (Lipinski definition) is 1. The van der Waals surface area contributed by atoms with Gasteiger partial charge in [0.05, 0.1) is 6.20 Å². The average Bonchev–Trinajstić information content (AvgIpc) is 2.80. The van der Waals surface area contributed by atoms with Gasteiger partial charge in [-0.2, -0.15) is 5.10 Å². The van der Waals surface area contributed by atoms with Crippen LogP contribution in [0, 0.1) is 11.8 Å². The molecular weight excluding hydrogens is 210 g/mol. The van der Waals surface area contributed by atoms with Gasteiger partial charge >= 0.3 is 0 Å². The van der Waals surface area contributed by atoms with Gasteiger partial charge in [0.2, 0.25) is 0 Å². The van der Waals surface area contributed by atoms with E-state index in [1.54, 1.807) is 0 Å². The number of hydrogen-bond acceptors (Lipinski definition) is 2. The molecular formula is C14H25N3. The summed E-state index contributed by atoms with van der Waals surface area (Å²) < 4.78 is 1.99. The highest BCUT2D eigenvalue weighted by molar-refractivity contribution is 5.03. The summed E-state index contributed by atoms with van der Waals surface area (Å²) in [6.07, 6.45) is 9.75. The minimum atomic E-state index is 0.896. The van der Waals surface area contributed by atoms with Gasteiger partial charge in [-0.25, -0.2) is 0 Å². The summed E-state index contributed by atoms with van der Waals surface area (Å²) in [7, 11) is 0. The summed E-state index contributed by atoms with van der Waals surface area (Å²) >= 11 is 0. The van der Waals surface area contributed by atoms with Crippen molar-refractivity contribution in [2.75, 3.05) is 6.54 Å². The zero-order chi connectivity index (χ0) is 12.1. The molecule has 3 heteroatoms. The van der Waals surface area contributed by atoms with E-state index in [2.05, 4.69) is 30.5 Å². The molecule has 1 saturated carbocycles. The zero-order valence-corrected chi connectivity index (χ0v) is 11.2. The van der Waals surface area contributed by atoms with E-state index < -0.39 is 0 Å². The molecule has 96 valence electrons. The first-order chi connectivity index (χ1) is 8.28. The molecule has 1 N–H and O–H groups in total. The quantitative estimate of drug-likeness (QED) is 0.850. The molecule has 1 fully saturated rings. The molecule has 17 heavy (non-hydrogen) atoms. The molecule has 0 radical (unpaired) electrons. The fraction of sp³-hybridized carbons (Fsp3) is 0.786. The Morgan fingerprint density at radius 3 is 2.76 bits per heavy atom. The van der Waals surface area contributed by atoms with Crippen LogP contribution in [-0.4, -0.2) is 16.3 Å². The molecule has 0 amide bonds. The second-order valence-electron chi connectivity index (χ2n) is 5.46. The summed E-state index contributed by atoms with van der Waals surface area (Å²) in [5, 5.41) is 7.86. The number of aromatic nitrogens is 2. The van der Waals surface area contributed by atoms with Gasteiger partial charge in [0.15, 0.2) is 0 Å². The zero-order valence-electron chi connectivity index (χ0n) is 11.2. The van der Waals surface area contributed by atoms with Gasteiger partial charge in [-0.1, -0.05) is 19.8 Å². The SMILES string of the molecule is CCn1cc(CNCC2CCC(C)CC2)cn1. The molecule has 0 atom stereocenters. The smallest absolute Gasteiger partial charge is 0.0534 e. The summed E-state index contributed by atoms with van der Waals surface area (Å²) in [5.41, 5.74) is 1.30. The minimum absolute atomic E-state index is 0.896. The Balaban J connectivity index is 1.65. The first-order valence-corrected chi connectivity index (χ1v) is 7.00. The molecule has 3 nitrogen and oxygen atoms in total. The van der Waals surface area contributed by atoms with Crippen LogP contribution < -0.4 is 5.32 Å². The Morgan fingerprint density at radius 2 is 2.12 bits per heavy atom. The van der Waals surface area contributed by atoms with E-state index >= 15 is 0 Å². The third-order valence-corrected chi connectivity index (χ3v) is 3.91. The lowest BCUT2D eigenvalue weighted by Gasteiger charge is -2.26. The lowest BCUT2D eigenvalue weighted by molar-refractivity contribution is 0.281. The maximum Gasteiger partial charge on any atom is 0.0534 e. The Morgan fingerprint density at radius 1 is 1.35 bits per heavy atom. The van der Waals surface area contributed by atoms with Crippen LogP contribution in [0.4, 0.5) is 0 Å². The Bertz CT molecular complexity index is 324. The van der Waals surface area contributed by atoms with Gasteiger partial charge in [0.1, 0.15) is 0 Å². The van der Waals surface area contributed by atoms with Gasteiger partial charge in [-0.3, -0.25) is 4.68 Å². The number of rotatable bonds is 5. The molecule has 1 aromatic heterocycles. The van der Waals surface area contributed by atoms with Crippen molar-refractivity contribution in [1.82, 2.24) is 15.1 Å². The lowest BCUT2D eigenvalue weighted by atomic mass is 9.83. The van der Waals surface area contributed by atoms with Crippen molar-refractivity contribution < 1.29 is 0 Å². The van der Waals surface area contributed by atoms with Crippen molar-refractivity contribution >= 4 is 0 Å². The van der Waals surface area contributed by atoms with E-state index in [1.807, 2.05) is 10.9 Å². The van der Waals surface area contributed by atoms with Crippen LogP contribution in [0.5, 0.6) is 0 Å². The van der Waals surface area contributed by atoms with E-state index in [-0.39, 0.29) is 0 Å². The lowest BCUT2D eigenvalue weighted by Crippen LogP contribution is -2.25. The monoisotopic (exact) mass is 235 g/mol. The molecule has 0 bridgehead atoms. The molecule has 1 heterocycles. The third-order valence-electron chi connectivity index (χ3n) is 3.91. The predicted octanol–water partition coefficient (Wildman–Crippen LogP) is 2.82. The molecule has 1 aromatic rings. The maximum atomic E-state index is 4.29. The molecule has 1 aliphatic carbocycles. The fourth-order valence-corrected chi connectivity index (χ4v) is 2.62. The first-order valence-electron chi connectivity index (χ1n) is 7.00. The number of aryl methyl sites for hydroxylation is 1. The van der Waals surface area contributed by atoms with Gasteiger partial charge in [-0.05, 0) is 38.1 Å². The molecule has 0 unspecified atom stereocenters. The van der Waals surface area contributed by atoms with Gasteiger partial charge in [0.25, 0.3) is 0 Å². The van der Waals surface area contributed by atoms with Crippen LogP contribution in [0.15, 0.2) is 12.4 Å². The van der Waals surface area contributed by atoms with E-state index in [4.69, 9.17) is 0 Å². The van der Waals surface area contributed by atoms with Crippen molar-refractivity contribution in [3.8, 4) is 0 Å². The minimum Gasteiger partial charge on any atom is -0.312 e. The van der Waals surface area contributed by atoms with Gasteiger partial charge in [0, 0.05) is 24.8 Å². The highest BCUT2D eigenvalue weighted by Gasteiger charge is 2.17. The van der Waals surface area contributed by atoms with Crippen LogP contribution in [-0.2, 0) is 13.1 Å². The molecule has 0 aliphatic heterocycles. The standard InChI is InChI=1S/C14H25N3/c1-3-17-11-14(10-16-17)9-15-8-13-6-4-12(2)5-7-13/h10-13,15H,3-9H2,1-2H3. The highest BCUT2D eigenvalue weighted by atomic mass is 15.3. The van der Waals surface area contributed by atoms with Crippen LogP contribution in [0.3, 0.4) is 0 Å². The first kappa shape index (κ1) is 12.6. The van der Waals surface area contributed by atoms with Crippen molar-refractivity contribution in [2.45, 2.75) is 52.6 Å². The van der Waals surface area contributed by atoms with Crippen molar-refractivity contribution in [1.29, 1.82) is 0 Å². The molecule has 0 spiro atoms. The van der Waals surface area contributed by atoms with Crippen LogP contribution >= 0.6 is 0 Å². The van der Waals surface area contributed by atoms with Crippen molar-refractivity contribution in [2.24, 2.45) is 11.8 Å². The summed E-state index contributed by atoms with van der Waals surface area (Å²) in [6, 6.07) is 0. The predicted molar refractivity (Wildman–Crippen MR) is 70.7 cm³/mol. The summed E-state index contributed by atoms with van der Waals surface area (Å²) in [4.78, 5) is 0. The third kappa shape index (κ3) is 3.84. The fourth-order valence-electron chi connectivity index (χ4n) is 2.62. The van der Waals surface area contributed by atoms with Crippen LogP contribution in [0.2, 0.25) is 0 Å². The largest absolute Gasteiger partial charge is 0.312 e. The van der Waals surface area contributed by atoms with Gasteiger partial charge in [-0.15, -0.1) is 0 Å². The van der Waals surface area contributed by atoms with E-state index in [0.29, 0.717) is 0 Å². The summed E-state index contributed by atoms with van der Waals surface area (Å²) in [5.74, 6) is 1.85. The average molecular weight is 235 g/mol. The normalized spacial score (nSPS) is 25.1. The number of nitrogens with one attached hydrogen (secondary N) is 1. The van der Waals surface area contributed by atoms with E-state index in [9.17, 15) is 0 Å². The Kier molecular flexibility index (Phi) is 4.60. The summed E-state index contributed by atoms with van der Waals surface area (Å²) in [6.45, 7) is 7.59. The maximum absolute atomic E-state index is 4.29. The highest BCUT2D eigenvalue weighted by Crippen LogP contribution is 2.27. The van der Waals surface area contributed by atoms with Crippen LogP contribution in [0.25, 0.3) is 0 Å². The molecule has 0 aromatic carbocycles. The second kappa shape index (κ2) is 6.20. The van der Waals surface area contributed by atoms with Crippen molar-refractivity contribution in [3.05, 3.63) is 18.0 Å². The molecule has 2 rings (SSSR count). The number of nitrogens with zero attached hydrogens (tertiary/aromatic N) is 2. The molecule has 1 aliphatic rings. The molecule has 0 saturated heterocycles. The Labute approximate surface area is 105 Å². The topological polar surface area (TPSA) is 29.9 Å². The Hall–Kier alpha value is -0.830. The van der Waals surface area contributed by atoms with Gasteiger partial charge < -0.3 is 5.32 Å². The second-order valence-corrected chi connectivity index (χ2v) is 5.46. The van der Waals surface area contributed by atoms with Crippen molar-refractivity contribution in [3.63, 3.8) is 0 Å². The van der Waals surface area contributed by atoms with E-state index in [1.165, 1.54) is 37.8 Å².